The molecule has 0 aromatic heterocycles. The molecule has 0 unspecified atom stereocenters. The summed E-state index contributed by atoms with van der Waals surface area (Å²) in [5.41, 5.74) is 0.136. The van der Waals surface area contributed by atoms with Crippen LogP contribution in [0.15, 0.2) is 54.6 Å². The molecule has 4 heteroatoms. The fourth-order valence-corrected chi connectivity index (χ4v) is 2.46. The van der Waals surface area contributed by atoms with Gasteiger partial charge >= 0.3 is 0 Å². The van der Waals surface area contributed by atoms with Crippen LogP contribution in [-0.2, 0) is 6.61 Å². The van der Waals surface area contributed by atoms with Crippen LogP contribution in [0.4, 0.5) is 4.39 Å². The molecule has 21 heavy (non-hydrogen) atoms. The molecule has 0 amide bonds. The van der Waals surface area contributed by atoms with Crippen molar-refractivity contribution in [2.45, 2.75) is 6.61 Å². The highest BCUT2D eigenvalue weighted by Gasteiger charge is 2.12. The number of fused-ring (bicyclic) bond motifs is 1. The zero-order valence-electron chi connectivity index (χ0n) is 11.0. The van der Waals surface area contributed by atoms with E-state index in [1.165, 1.54) is 6.07 Å². The Balaban J connectivity index is 2.11. The predicted octanol–water partition coefficient (Wildman–Crippen LogP) is 4.92. The number of aliphatic hydroxyl groups is 1. The van der Waals surface area contributed by atoms with E-state index in [9.17, 15) is 9.50 Å². The first-order chi connectivity index (χ1) is 10.2. The lowest BCUT2D eigenvalue weighted by Gasteiger charge is -2.13. The smallest absolute Gasteiger partial charge is 0.135 e. The number of hydrogen-bond donors (Lipinski definition) is 1. The lowest BCUT2D eigenvalue weighted by atomic mass is 10.1. The first-order valence-electron chi connectivity index (χ1n) is 6.44. The minimum Gasteiger partial charge on any atom is -0.456 e. The van der Waals surface area contributed by atoms with Gasteiger partial charge in [0.05, 0.1) is 12.2 Å². The minimum atomic E-state index is -0.492. The van der Waals surface area contributed by atoms with Crippen molar-refractivity contribution in [3.63, 3.8) is 0 Å². The Hall–Kier alpha value is -2.10. The molecule has 0 aliphatic carbocycles. The number of aliphatic hydroxyl groups excluding tert-OH is 1. The molecule has 1 N–H and O–H groups in total. The summed E-state index contributed by atoms with van der Waals surface area (Å²) in [5, 5.41) is 11.6. The summed E-state index contributed by atoms with van der Waals surface area (Å²) in [6, 6.07) is 15.5. The normalized spacial score (nSPS) is 10.8. The van der Waals surface area contributed by atoms with Crippen molar-refractivity contribution in [1.29, 1.82) is 0 Å². The second kappa shape index (κ2) is 5.72. The maximum absolute atomic E-state index is 13.7. The highest BCUT2D eigenvalue weighted by molar-refractivity contribution is 6.35. The van der Waals surface area contributed by atoms with E-state index >= 15 is 0 Å². The summed E-state index contributed by atoms with van der Waals surface area (Å²) in [5.74, 6) is 0.369. The summed E-state index contributed by atoms with van der Waals surface area (Å²) in [6.45, 7) is -0.423. The highest BCUT2D eigenvalue weighted by Crippen LogP contribution is 2.35. The second-order valence-electron chi connectivity index (χ2n) is 4.57. The lowest BCUT2D eigenvalue weighted by Crippen LogP contribution is -1.96. The van der Waals surface area contributed by atoms with Crippen LogP contribution in [0.2, 0.25) is 5.02 Å². The molecule has 0 spiro atoms. The molecule has 0 fully saturated rings. The van der Waals surface area contributed by atoms with Crippen LogP contribution in [0.3, 0.4) is 0 Å². The standard InChI is InChI=1S/C17H12ClFO2/c18-14-8-9-17(12-5-2-1-4-11(12)14)21-16-7-3-6-15(19)13(16)10-20/h1-9,20H,10H2. The summed E-state index contributed by atoms with van der Waals surface area (Å²) < 4.78 is 19.5. The number of benzene rings is 3. The van der Waals surface area contributed by atoms with E-state index in [0.717, 1.165) is 10.8 Å². The van der Waals surface area contributed by atoms with Gasteiger partial charge in [-0.2, -0.15) is 0 Å². The van der Waals surface area contributed by atoms with Crippen LogP contribution in [-0.4, -0.2) is 5.11 Å². The van der Waals surface area contributed by atoms with Gasteiger partial charge in [-0.05, 0) is 24.3 Å². The first-order valence-corrected chi connectivity index (χ1v) is 6.82. The maximum Gasteiger partial charge on any atom is 0.135 e. The minimum absolute atomic E-state index is 0.136. The van der Waals surface area contributed by atoms with Gasteiger partial charge in [0.2, 0.25) is 0 Å². The van der Waals surface area contributed by atoms with Crippen LogP contribution in [0.1, 0.15) is 5.56 Å². The van der Waals surface area contributed by atoms with Gasteiger partial charge in [-0.15, -0.1) is 0 Å². The van der Waals surface area contributed by atoms with Gasteiger partial charge in [0.15, 0.2) is 0 Å². The Bertz CT molecular complexity index is 802. The molecular formula is C17H12ClFO2. The van der Waals surface area contributed by atoms with Crippen molar-refractivity contribution >= 4 is 22.4 Å². The molecule has 0 heterocycles. The third-order valence-electron chi connectivity index (χ3n) is 3.28. The van der Waals surface area contributed by atoms with Crippen LogP contribution in [0.25, 0.3) is 10.8 Å². The van der Waals surface area contributed by atoms with Crippen molar-refractivity contribution < 1.29 is 14.2 Å². The molecule has 3 aromatic carbocycles. The maximum atomic E-state index is 13.7. The third kappa shape index (κ3) is 2.58. The topological polar surface area (TPSA) is 29.5 Å². The van der Waals surface area contributed by atoms with E-state index in [4.69, 9.17) is 16.3 Å². The number of halogens is 2. The lowest BCUT2D eigenvalue weighted by molar-refractivity contribution is 0.270. The van der Waals surface area contributed by atoms with E-state index in [-0.39, 0.29) is 5.56 Å². The van der Waals surface area contributed by atoms with Crippen LogP contribution in [0.5, 0.6) is 11.5 Å². The number of ether oxygens (including phenoxy) is 1. The fourth-order valence-electron chi connectivity index (χ4n) is 2.23. The van der Waals surface area contributed by atoms with Crippen LogP contribution in [0, 0.1) is 5.82 Å². The molecule has 0 atom stereocenters. The zero-order chi connectivity index (χ0) is 14.8. The van der Waals surface area contributed by atoms with E-state index in [2.05, 4.69) is 0 Å². The van der Waals surface area contributed by atoms with Crippen LogP contribution >= 0.6 is 11.6 Å². The Morgan fingerprint density at radius 1 is 0.905 bits per heavy atom. The summed E-state index contributed by atoms with van der Waals surface area (Å²) in [7, 11) is 0. The summed E-state index contributed by atoms with van der Waals surface area (Å²) >= 11 is 6.16. The quantitative estimate of drug-likeness (QED) is 0.744. The van der Waals surface area contributed by atoms with E-state index in [1.807, 2.05) is 24.3 Å². The van der Waals surface area contributed by atoms with Gasteiger partial charge in [-0.1, -0.05) is 41.9 Å². The highest BCUT2D eigenvalue weighted by atomic mass is 35.5. The Labute approximate surface area is 126 Å². The zero-order valence-corrected chi connectivity index (χ0v) is 11.8. The monoisotopic (exact) mass is 302 g/mol. The summed E-state index contributed by atoms with van der Waals surface area (Å²) in [6.07, 6.45) is 0. The molecule has 0 saturated carbocycles. The van der Waals surface area contributed by atoms with Gasteiger partial charge < -0.3 is 9.84 Å². The molecule has 0 radical (unpaired) electrons. The SMILES string of the molecule is OCc1c(F)cccc1Oc1ccc(Cl)c2ccccc12. The fraction of sp³-hybridized carbons (Fsp3) is 0.0588. The van der Waals surface area contributed by atoms with Gasteiger partial charge in [-0.25, -0.2) is 4.39 Å². The van der Waals surface area contributed by atoms with Gasteiger partial charge in [0.25, 0.3) is 0 Å². The molecule has 0 aliphatic heterocycles. The van der Waals surface area contributed by atoms with Crippen molar-refractivity contribution in [2.24, 2.45) is 0 Å². The molecule has 0 bridgehead atoms. The average molecular weight is 303 g/mol. The van der Waals surface area contributed by atoms with Crippen molar-refractivity contribution in [3.05, 3.63) is 71.0 Å². The molecule has 106 valence electrons. The Morgan fingerprint density at radius 2 is 1.67 bits per heavy atom. The van der Waals surface area contributed by atoms with Gasteiger partial charge in [0.1, 0.15) is 17.3 Å². The molecule has 0 aliphatic rings. The van der Waals surface area contributed by atoms with Crippen molar-refractivity contribution in [3.8, 4) is 11.5 Å². The molecule has 3 aromatic rings. The largest absolute Gasteiger partial charge is 0.456 e. The van der Waals surface area contributed by atoms with E-state index in [0.29, 0.717) is 16.5 Å². The summed E-state index contributed by atoms with van der Waals surface area (Å²) in [4.78, 5) is 0. The van der Waals surface area contributed by atoms with Gasteiger partial charge in [-0.3, -0.25) is 0 Å². The average Bonchev–Trinajstić information content (AvgIpc) is 2.51. The predicted molar refractivity (Wildman–Crippen MR) is 81.4 cm³/mol. The molecular weight excluding hydrogens is 291 g/mol. The van der Waals surface area contributed by atoms with Crippen LogP contribution < -0.4 is 4.74 Å². The first kappa shape index (κ1) is 13.9. The molecule has 3 rings (SSSR count). The van der Waals surface area contributed by atoms with Gasteiger partial charge in [0, 0.05) is 15.8 Å². The third-order valence-corrected chi connectivity index (χ3v) is 3.61. The number of rotatable bonds is 3. The number of hydrogen-bond acceptors (Lipinski definition) is 2. The van der Waals surface area contributed by atoms with Crippen molar-refractivity contribution in [2.75, 3.05) is 0 Å². The van der Waals surface area contributed by atoms with Crippen molar-refractivity contribution in [1.82, 2.24) is 0 Å². The molecule has 0 saturated heterocycles. The van der Waals surface area contributed by atoms with E-state index < -0.39 is 12.4 Å². The second-order valence-corrected chi connectivity index (χ2v) is 4.98. The van der Waals surface area contributed by atoms with E-state index in [1.54, 1.807) is 24.3 Å². The Kier molecular flexibility index (Phi) is 3.78. The molecule has 2 nitrogen and oxygen atoms in total. The Morgan fingerprint density at radius 3 is 2.43 bits per heavy atom.